The van der Waals surface area contributed by atoms with Gasteiger partial charge in [0.25, 0.3) is 0 Å². The molecule has 3 aliphatic heterocycles. The van der Waals surface area contributed by atoms with Crippen LogP contribution in [0.2, 0.25) is 0 Å². The van der Waals surface area contributed by atoms with Crippen LogP contribution in [-0.2, 0) is 66.7 Å². The number of aliphatic hydroxyl groups excluding tert-OH is 4. The number of nitrogens with zero attached hydrogens (tertiary/aromatic N) is 2. The Balaban J connectivity index is 0.000000175. The van der Waals surface area contributed by atoms with E-state index in [1.54, 1.807) is 34.9 Å². The van der Waals surface area contributed by atoms with Gasteiger partial charge in [-0.25, -0.2) is 8.78 Å². The number of benzene rings is 4. The van der Waals surface area contributed by atoms with Crippen molar-refractivity contribution in [3.8, 4) is 23.0 Å². The van der Waals surface area contributed by atoms with Gasteiger partial charge >= 0.3 is 12.6 Å². The summed E-state index contributed by atoms with van der Waals surface area (Å²) in [5.74, 6) is -2.70. The van der Waals surface area contributed by atoms with E-state index in [4.69, 9.17) is 9.47 Å². The number of Topliss-reactive ketones (excluding diaryl/α,β-unsaturated/α-hetero) is 2. The van der Waals surface area contributed by atoms with Crippen LogP contribution in [-0.4, -0.2) is 98.1 Å². The van der Waals surface area contributed by atoms with Crippen LogP contribution in [0.3, 0.4) is 0 Å². The average Bonchev–Trinajstić information content (AvgIpc) is 4.26. The van der Waals surface area contributed by atoms with Crippen LogP contribution in [0.5, 0.6) is 23.0 Å². The van der Waals surface area contributed by atoms with Gasteiger partial charge in [0, 0.05) is 45.8 Å². The van der Waals surface area contributed by atoms with Crippen molar-refractivity contribution in [2.24, 2.45) is 0 Å². The molecule has 5 heterocycles. The standard InChI is InChI=1S/C30H32F3NO6.C27H28F3NO6/c1-27(2,16-35)25-10-18-9-17(21(31)13-22(18)34(25)14-20-15-37-28(3,4)38-20)11-26(36)29(7-8-29)19-5-6-23-24(12-19)40-30(32,33)39-23;1-25(2,14-33)23-8-16-7-15(19(28)11-20(16)31(23)12-18(34)13-32)9-24(35)26(5-6-26)17-3-4-21-22(10-17)37-27(29,30)36-21/h5-6,9-10,12-13,20,35H,7-8,11,14-16H2,1-4H3;3-4,7-8,10-11,18,32-34H,5-6,9,12-14H2,1-2H3/t20-;18-/m11/s1. The first-order valence-electron chi connectivity index (χ1n) is 25.5. The Hall–Kier alpha value is -6.16. The van der Waals surface area contributed by atoms with E-state index in [0.29, 0.717) is 72.1 Å². The molecule has 5 aliphatic rings. The summed E-state index contributed by atoms with van der Waals surface area (Å²) in [6.07, 6.45) is -7.08. The van der Waals surface area contributed by atoms with E-state index >= 15 is 8.78 Å². The Morgan fingerprint density at radius 1 is 0.636 bits per heavy atom. The molecule has 0 amide bonds. The van der Waals surface area contributed by atoms with Gasteiger partial charge < -0.3 is 58.0 Å². The van der Waals surface area contributed by atoms with Crippen molar-refractivity contribution < 1.29 is 84.8 Å². The molecule has 0 unspecified atom stereocenters. The molecule has 77 heavy (non-hydrogen) atoms. The van der Waals surface area contributed by atoms with Gasteiger partial charge in [-0.05, 0) is 122 Å². The minimum Gasteiger partial charge on any atom is -0.395 e. The van der Waals surface area contributed by atoms with Crippen LogP contribution < -0.4 is 18.9 Å². The number of ketones is 2. The number of rotatable bonds is 17. The quantitative estimate of drug-likeness (QED) is 0.0639. The van der Waals surface area contributed by atoms with E-state index in [-0.39, 0.29) is 84.4 Å². The molecule has 6 aromatic rings. The van der Waals surface area contributed by atoms with E-state index in [2.05, 4.69) is 18.9 Å². The third-order valence-corrected chi connectivity index (χ3v) is 15.6. The zero-order chi connectivity index (χ0) is 55.4. The highest BCUT2D eigenvalue weighted by atomic mass is 19.3. The number of aliphatic hydroxyl groups is 4. The van der Waals surface area contributed by atoms with E-state index in [9.17, 15) is 47.6 Å². The largest absolute Gasteiger partial charge is 0.586 e. The number of carbonyl (C=O) groups excluding carboxylic acids is 2. The van der Waals surface area contributed by atoms with Gasteiger partial charge in [-0.15, -0.1) is 17.6 Å². The number of halogens is 6. The van der Waals surface area contributed by atoms with Crippen LogP contribution in [0.25, 0.3) is 21.8 Å². The van der Waals surface area contributed by atoms with E-state index in [0.717, 1.165) is 11.1 Å². The first kappa shape index (κ1) is 54.2. The fraction of sp³-hybridized carbons (Fsp3) is 0.474. The normalized spacial score (nSPS) is 20.3. The summed E-state index contributed by atoms with van der Waals surface area (Å²) >= 11 is 0. The van der Waals surface area contributed by atoms with Gasteiger partial charge in [-0.3, -0.25) is 9.59 Å². The lowest BCUT2D eigenvalue weighted by Crippen LogP contribution is -2.29. The SMILES string of the molecule is CC(C)(CO)c1cc2cc(CC(=O)C3(c4ccc5c(c4)OC(F)(F)O5)CC3)c(F)cc2n1C[C@@H](O)CO.CC1(C)OC[C@@H](Cn2c(C(C)(C)CO)cc3cc(CC(=O)C4(c5ccc6c(c5)OC(F)(F)O6)CC4)c(F)cc32)O1. The van der Waals surface area contributed by atoms with Gasteiger partial charge in [-0.1, -0.05) is 39.8 Å². The summed E-state index contributed by atoms with van der Waals surface area (Å²) in [4.78, 5) is 26.9. The summed E-state index contributed by atoms with van der Waals surface area (Å²) in [6, 6.07) is 18.4. The summed E-state index contributed by atoms with van der Waals surface area (Å²) in [6.45, 7) is 11.1. The van der Waals surface area contributed by atoms with Crippen LogP contribution in [0.4, 0.5) is 26.3 Å². The van der Waals surface area contributed by atoms with Gasteiger partial charge in [0.05, 0.1) is 67.5 Å². The lowest BCUT2D eigenvalue weighted by Gasteiger charge is -2.26. The Morgan fingerprint density at radius 3 is 1.47 bits per heavy atom. The summed E-state index contributed by atoms with van der Waals surface area (Å²) in [5.41, 5.74) is 0.976. The van der Waals surface area contributed by atoms with Crippen molar-refractivity contribution in [3.05, 3.63) is 118 Å². The number of alkyl halides is 4. The van der Waals surface area contributed by atoms with Gasteiger partial charge in [0.2, 0.25) is 0 Å². The minimum absolute atomic E-state index is 0.00273. The summed E-state index contributed by atoms with van der Waals surface area (Å²) in [7, 11) is 0. The minimum atomic E-state index is -3.76. The van der Waals surface area contributed by atoms with Crippen molar-refractivity contribution in [2.45, 2.75) is 145 Å². The molecule has 0 spiro atoms. The summed E-state index contributed by atoms with van der Waals surface area (Å²) < 4.78 is 118. The Labute approximate surface area is 439 Å². The maximum absolute atomic E-state index is 15.6. The highest BCUT2D eigenvalue weighted by Gasteiger charge is 2.54. The predicted molar refractivity (Wildman–Crippen MR) is 267 cm³/mol. The molecular formula is C57H60F6N2O12. The van der Waals surface area contributed by atoms with Crippen LogP contribution in [0, 0.1) is 11.6 Å². The third-order valence-electron chi connectivity index (χ3n) is 15.6. The number of aromatic nitrogens is 2. The number of carbonyl (C=O) groups is 2. The Bertz CT molecular complexity index is 3320. The molecule has 11 rings (SSSR count). The first-order chi connectivity index (χ1) is 36.1. The van der Waals surface area contributed by atoms with Gasteiger partial charge in [0.1, 0.15) is 29.3 Å². The second-order valence-corrected chi connectivity index (χ2v) is 22.7. The maximum Gasteiger partial charge on any atom is 0.586 e. The zero-order valence-electron chi connectivity index (χ0n) is 43.3. The van der Waals surface area contributed by atoms with Gasteiger partial charge in [0.15, 0.2) is 28.8 Å². The van der Waals surface area contributed by atoms with Crippen molar-refractivity contribution >= 4 is 33.4 Å². The molecule has 4 N–H and O–H groups in total. The molecule has 1 saturated heterocycles. The first-order valence-corrected chi connectivity index (χ1v) is 25.5. The molecule has 14 nitrogen and oxygen atoms in total. The molecule has 20 heteroatoms. The molecule has 4 aromatic carbocycles. The number of ether oxygens (including phenoxy) is 6. The molecular weight excluding hydrogens is 1020 g/mol. The Kier molecular flexibility index (Phi) is 13.4. The lowest BCUT2D eigenvalue weighted by atomic mass is 9.87. The zero-order valence-corrected chi connectivity index (χ0v) is 43.3. The average molecular weight is 1080 g/mol. The van der Waals surface area contributed by atoms with E-state index in [1.165, 1.54) is 36.4 Å². The van der Waals surface area contributed by atoms with E-state index in [1.807, 2.05) is 52.2 Å². The van der Waals surface area contributed by atoms with Crippen molar-refractivity contribution in [3.63, 3.8) is 0 Å². The molecule has 0 radical (unpaired) electrons. The highest BCUT2D eigenvalue weighted by Crippen LogP contribution is 2.54. The Morgan fingerprint density at radius 2 is 1.06 bits per heavy atom. The van der Waals surface area contributed by atoms with Crippen LogP contribution >= 0.6 is 0 Å². The molecule has 2 aliphatic carbocycles. The number of hydrogen-bond donors (Lipinski definition) is 4. The topological polar surface area (TPSA) is 180 Å². The van der Waals surface area contributed by atoms with Gasteiger partial charge in [-0.2, -0.15) is 0 Å². The van der Waals surface area contributed by atoms with Crippen molar-refractivity contribution in [1.29, 1.82) is 0 Å². The van der Waals surface area contributed by atoms with E-state index < -0.39 is 64.4 Å². The maximum atomic E-state index is 15.6. The molecule has 412 valence electrons. The molecule has 0 bridgehead atoms. The fourth-order valence-electron chi connectivity index (χ4n) is 10.8. The smallest absolute Gasteiger partial charge is 0.395 e. The monoisotopic (exact) mass is 1080 g/mol. The van der Waals surface area contributed by atoms with Crippen LogP contribution in [0.1, 0.15) is 101 Å². The van der Waals surface area contributed by atoms with Crippen molar-refractivity contribution in [2.75, 3.05) is 26.4 Å². The number of hydrogen-bond acceptors (Lipinski definition) is 12. The van der Waals surface area contributed by atoms with Crippen molar-refractivity contribution in [1.82, 2.24) is 9.13 Å². The lowest BCUT2D eigenvalue weighted by molar-refractivity contribution is -0.287. The molecule has 2 saturated carbocycles. The second kappa shape index (κ2) is 19.0. The van der Waals surface area contributed by atoms with Crippen LogP contribution in [0.15, 0.2) is 72.8 Å². The number of fused-ring (bicyclic) bond motifs is 4. The summed E-state index contributed by atoms with van der Waals surface area (Å²) in [5, 5.41) is 40.8. The fourth-order valence-corrected chi connectivity index (χ4v) is 10.8. The molecule has 3 fully saturated rings. The third kappa shape index (κ3) is 10.3. The predicted octanol–water partition coefficient (Wildman–Crippen LogP) is 8.94. The highest BCUT2D eigenvalue weighted by molar-refractivity contribution is 5.97. The second-order valence-electron chi connectivity index (χ2n) is 22.7. The molecule has 2 atom stereocenters. The molecule has 2 aromatic heterocycles.